The molecule has 1 unspecified atom stereocenters. The first kappa shape index (κ1) is 34.8. The molecule has 2 aliphatic carbocycles. The van der Waals surface area contributed by atoms with Gasteiger partial charge in [-0.3, -0.25) is 0 Å². The highest BCUT2D eigenvalue weighted by molar-refractivity contribution is 6.11. The lowest BCUT2D eigenvalue weighted by atomic mass is 9.69. The van der Waals surface area contributed by atoms with Crippen LogP contribution in [0.3, 0.4) is 0 Å². The number of benzene rings is 9. The van der Waals surface area contributed by atoms with Gasteiger partial charge in [0.1, 0.15) is 0 Å². The van der Waals surface area contributed by atoms with Crippen LogP contribution in [0.25, 0.3) is 89.4 Å². The molecule has 0 fully saturated rings. The van der Waals surface area contributed by atoms with Crippen LogP contribution in [0.2, 0.25) is 0 Å². The summed E-state index contributed by atoms with van der Waals surface area (Å²) in [6.07, 6.45) is 0. The average molecular weight is 775 g/mol. The maximum atomic E-state index is 9.63. The van der Waals surface area contributed by atoms with Crippen molar-refractivity contribution in [1.82, 2.24) is 15.0 Å². The second-order valence-corrected chi connectivity index (χ2v) is 15.8. The Balaban J connectivity index is 1.04. The molecule has 2 aliphatic rings. The second-order valence-electron chi connectivity index (χ2n) is 15.8. The molecule has 1 heterocycles. The van der Waals surface area contributed by atoms with Crippen molar-refractivity contribution in [3.05, 3.63) is 234 Å². The predicted octanol–water partition coefficient (Wildman–Crippen LogP) is 13.6. The van der Waals surface area contributed by atoms with Gasteiger partial charge in [-0.25, -0.2) is 15.0 Å². The average Bonchev–Trinajstić information content (AvgIpc) is 3.81. The molecule has 12 rings (SSSR count). The van der Waals surface area contributed by atoms with Crippen LogP contribution in [-0.4, -0.2) is 15.0 Å². The van der Waals surface area contributed by atoms with Crippen molar-refractivity contribution >= 4 is 10.8 Å². The Kier molecular flexibility index (Phi) is 7.78. The van der Waals surface area contributed by atoms with Crippen LogP contribution in [0.4, 0.5) is 0 Å². The number of rotatable bonds is 5. The van der Waals surface area contributed by atoms with Crippen LogP contribution in [-0.2, 0) is 5.41 Å². The number of hydrogen-bond donors (Lipinski definition) is 0. The van der Waals surface area contributed by atoms with Crippen molar-refractivity contribution in [3.8, 4) is 84.7 Å². The standard InChI is InChI=1S/C57H34N4/c58-35-36-23-25-38(26-24-36)48-34-52-53(46-19-8-7-17-43(46)48)47-20-10-12-22-50(47)57(52)49-21-11-9-18-44(49)45-32-31-42(33-51(45)57)37-27-29-41(30-28-37)56-60-54(39-13-3-1-4-14-39)59-55(61-56)40-15-5-2-6-16-40/h1-34H. The van der Waals surface area contributed by atoms with E-state index in [1.807, 2.05) is 72.8 Å². The fourth-order valence-electron chi connectivity index (χ4n) is 9.89. The molecule has 0 aliphatic heterocycles. The van der Waals surface area contributed by atoms with Crippen LogP contribution in [0, 0.1) is 11.3 Å². The fourth-order valence-corrected chi connectivity index (χ4v) is 9.89. The van der Waals surface area contributed by atoms with Gasteiger partial charge in [0.15, 0.2) is 17.5 Å². The molecule has 9 aromatic carbocycles. The first-order valence-electron chi connectivity index (χ1n) is 20.6. The zero-order valence-electron chi connectivity index (χ0n) is 32.9. The molecule has 0 amide bonds. The molecule has 1 spiro atoms. The molecule has 10 aromatic rings. The van der Waals surface area contributed by atoms with Gasteiger partial charge in [0.25, 0.3) is 0 Å². The lowest BCUT2D eigenvalue weighted by Gasteiger charge is -2.31. The highest BCUT2D eigenvalue weighted by atomic mass is 15.0. The van der Waals surface area contributed by atoms with Crippen LogP contribution in [0.5, 0.6) is 0 Å². The number of aromatic nitrogens is 3. The Morgan fingerprint density at radius 1 is 0.328 bits per heavy atom. The van der Waals surface area contributed by atoms with Crippen LogP contribution in [0.1, 0.15) is 27.8 Å². The number of nitrogens with zero attached hydrogens (tertiary/aromatic N) is 4. The molecular formula is C57H34N4. The van der Waals surface area contributed by atoms with Gasteiger partial charge in [-0.15, -0.1) is 0 Å². The van der Waals surface area contributed by atoms with E-state index in [1.54, 1.807) is 0 Å². The van der Waals surface area contributed by atoms with E-state index in [-0.39, 0.29) is 0 Å². The number of nitriles is 1. The van der Waals surface area contributed by atoms with Gasteiger partial charge in [-0.05, 0) is 102 Å². The van der Waals surface area contributed by atoms with Crippen molar-refractivity contribution in [3.63, 3.8) is 0 Å². The molecule has 4 heteroatoms. The van der Waals surface area contributed by atoms with E-state index in [0.717, 1.165) is 38.9 Å². The first-order chi connectivity index (χ1) is 30.2. The molecule has 0 saturated heterocycles. The summed E-state index contributed by atoms with van der Waals surface area (Å²) in [4.78, 5) is 14.9. The Labute approximate surface area is 353 Å². The molecular weight excluding hydrogens is 741 g/mol. The Morgan fingerprint density at radius 2 is 0.803 bits per heavy atom. The van der Waals surface area contributed by atoms with Crippen molar-refractivity contribution in [2.75, 3.05) is 0 Å². The van der Waals surface area contributed by atoms with E-state index in [1.165, 1.54) is 55.3 Å². The van der Waals surface area contributed by atoms with Crippen molar-refractivity contribution in [2.45, 2.75) is 5.41 Å². The molecule has 1 aromatic heterocycles. The van der Waals surface area contributed by atoms with E-state index < -0.39 is 5.41 Å². The third-order valence-corrected chi connectivity index (χ3v) is 12.6. The minimum absolute atomic E-state index is 0.550. The van der Waals surface area contributed by atoms with Gasteiger partial charge < -0.3 is 0 Å². The minimum Gasteiger partial charge on any atom is -0.208 e. The minimum atomic E-state index is -0.550. The fraction of sp³-hybridized carbons (Fsp3) is 0.0175. The lowest BCUT2D eigenvalue weighted by molar-refractivity contribution is 0.795. The van der Waals surface area contributed by atoms with Gasteiger partial charge in [0, 0.05) is 16.7 Å². The number of fused-ring (bicyclic) bond motifs is 12. The van der Waals surface area contributed by atoms with E-state index in [4.69, 9.17) is 15.0 Å². The van der Waals surface area contributed by atoms with E-state index in [0.29, 0.717) is 23.0 Å². The van der Waals surface area contributed by atoms with Crippen molar-refractivity contribution in [2.24, 2.45) is 0 Å². The summed E-state index contributed by atoms with van der Waals surface area (Å²) in [6.45, 7) is 0. The summed E-state index contributed by atoms with van der Waals surface area (Å²) in [5.74, 6) is 1.92. The summed E-state index contributed by atoms with van der Waals surface area (Å²) in [5.41, 5.74) is 17.6. The molecule has 282 valence electrons. The summed E-state index contributed by atoms with van der Waals surface area (Å²) in [7, 11) is 0. The zero-order chi connectivity index (χ0) is 40.5. The normalized spacial score (nSPS) is 14.3. The largest absolute Gasteiger partial charge is 0.208 e. The quantitative estimate of drug-likeness (QED) is 0.175. The zero-order valence-corrected chi connectivity index (χ0v) is 32.9. The van der Waals surface area contributed by atoms with Crippen molar-refractivity contribution in [1.29, 1.82) is 5.26 Å². The van der Waals surface area contributed by atoms with Crippen LogP contribution < -0.4 is 0 Å². The highest BCUT2D eigenvalue weighted by Gasteiger charge is 2.52. The van der Waals surface area contributed by atoms with Gasteiger partial charge in [0.2, 0.25) is 0 Å². The second kappa shape index (κ2) is 13.7. The Hall–Kier alpha value is -8.26. The number of hydrogen-bond acceptors (Lipinski definition) is 4. The third-order valence-electron chi connectivity index (χ3n) is 12.6. The summed E-state index contributed by atoms with van der Waals surface area (Å²) < 4.78 is 0. The van der Waals surface area contributed by atoms with Gasteiger partial charge in [-0.1, -0.05) is 182 Å². The molecule has 0 radical (unpaired) electrons. The monoisotopic (exact) mass is 774 g/mol. The summed E-state index contributed by atoms with van der Waals surface area (Å²) >= 11 is 0. The van der Waals surface area contributed by atoms with E-state index in [2.05, 4.69) is 140 Å². The predicted molar refractivity (Wildman–Crippen MR) is 246 cm³/mol. The van der Waals surface area contributed by atoms with Crippen LogP contribution in [0.15, 0.2) is 206 Å². The SMILES string of the molecule is N#Cc1ccc(-c2cc3c(c4ccccc24)-c2ccccc2C32c3ccccc3-c3ccc(-c4ccc(-c5nc(-c6ccccc6)nc(-c6ccccc6)n5)cc4)cc32)cc1. The lowest BCUT2D eigenvalue weighted by Crippen LogP contribution is -2.26. The molecule has 4 nitrogen and oxygen atoms in total. The van der Waals surface area contributed by atoms with Gasteiger partial charge >= 0.3 is 0 Å². The molecule has 61 heavy (non-hydrogen) atoms. The third kappa shape index (κ3) is 5.28. The van der Waals surface area contributed by atoms with Gasteiger partial charge in [0.05, 0.1) is 17.0 Å². The van der Waals surface area contributed by atoms with E-state index >= 15 is 0 Å². The van der Waals surface area contributed by atoms with E-state index in [9.17, 15) is 5.26 Å². The topological polar surface area (TPSA) is 62.5 Å². The van der Waals surface area contributed by atoms with Crippen LogP contribution >= 0.6 is 0 Å². The summed E-state index contributed by atoms with van der Waals surface area (Å²) in [6, 6.07) is 75.3. The smallest absolute Gasteiger partial charge is 0.164 e. The van der Waals surface area contributed by atoms with Crippen molar-refractivity contribution < 1.29 is 0 Å². The molecule has 1 atom stereocenters. The highest BCUT2D eigenvalue weighted by Crippen LogP contribution is 2.64. The first-order valence-corrected chi connectivity index (χ1v) is 20.6. The summed E-state index contributed by atoms with van der Waals surface area (Å²) in [5, 5.41) is 12.1. The molecule has 0 N–H and O–H groups in total. The maximum absolute atomic E-state index is 9.63. The Morgan fingerprint density at radius 3 is 1.44 bits per heavy atom. The maximum Gasteiger partial charge on any atom is 0.164 e. The molecule has 0 saturated carbocycles. The Bertz CT molecular complexity index is 3350. The van der Waals surface area contributed by atoms with Gasteiger partial charge in [-0.2, -0.15) is 5.26 Å². The molecule has 0 bridgehead atoms.